The van der Waals surface area contributed by atoms with Crippen LogP contribution >= 0.6 is 0 Å². The first-order valence-electron chi connectivity index (χ1n) is 8.19. The molecule has 0 saturated carbocycles. The fourth-order valence-electron chi connectivity index (χ4n) is 3.53. The lowest BCUT2D eigenvalue weighted by atomic mass is 9.78. The van der Waals surface area contributed by atoms with Gasteiger partial charge < -0.3 is 4.90 Å². The van der Waals surface area contributed by atoms with E-state index in [4.69, 9.17) is 0 Å². The maximum absolute atomic E-state index is 11.9. The van der Waals surface area contributed by atoms with Crippen LogP contribution in [0.25, 0.3) is 0 Å². The first-order valence-corrected chi connectivity index (χ1v) is 9.68. The summed E-state index contributed by atoms with van der Waals surface area (Å²) in [6.45, 7) is 5.86. The molecule has 1 heterocycles. The number of anilines is 1. The Morgan fingerprint density at radius 1 is 1.42 bits per heavy atom. The Hall–Kier alpha value is -1.67. The number of hydrogen-bond donors (Lipinski definition) is 1. The summed E-state index contributed by atoms with van der Waals surface area (Å²) in [4.78, 5) is 12.9. The molecule has 1 aliphatic rings. The predicted octanol–water partition coefficient (Wildman–Crippen LogP) is 2.91. The lowest BCUT2D eigenvalue weighted by Gasteiger charge is -2.41. The van der Waals surface area contributed by atoms with Gasteiger partial charge in [-0.05, 0) is 43.9 Å². The maximum Gasteiger partial charge on any atom is 0.293 e. The summed E-state index contributed by atoms with van der Waals surface area (Å²) in [6.07, 6.45) is 4.23. The molecule has 1 aromatic rings. The maximum atomic E-state index is 11.9. The van der Waals surface area contributed by atoms with E-state index in [-0.39, 0.29) is 16.0 Å². The van der Waals surface area contributed by atoms with Crippen LogP contribution in [0.4, 0.5) is 11.4 Å². The predicted molar refractivity (Wildman–Crippen MR) is 93.8 cm³/mol. The molecule has 134 valence electrons. The number of rotatable bonds is 6. The molecule has 8 heteroatoms. The minimum Gasteiger partial charge on any atom is -0.365 e. The number of hydrogen-bond acceptors (Lipinski definition) is 5. The van der Waals surface area contributed by atoms with Gasteiger partial charge in [-0.25, -0.2) is 13.1 Å². The largest absolute Gasteiger partial charge is 0.365 e. The van der Waals surface area contributed by atoms with E-state index < -0.39 is 14.9 Å². The zero-order valence-corrected chi connectivity index (χ0v) is 15.2. The second-order valence-electron chi connectivity index (χ2n) is 6.70. The fraction of sp³-hybridized carbons (Fsp3) is 0.625. The van der Waals surface area contributed by atoms with Gasteiger partial charge >= 0.3 is 0 Å². The third kappa shape index (κ3) is 3.87. The molecule has 0 spiro atoms. The first kappa shape index (κ1) is 18.7. The molecular weight excluding hydrogens is 330 g/mol. The molecule has 1 aliphatic heterocycles. The van der Waals surface area contributed by atoms with Crippen LogP contribution in [0.2, 0.25) is 0 Å². The second kappa shape index (κ2) is 7.06. The number of nitro groups is 1. The zero-order valence-electron chi connectivity index (χ0n) is 14.4. The van der Waals surface area contributed by atoms with E-state index in [0.29, 0.717) is 5.69 Å². The Morgan fingerprint density at radius 3 is 2.71 bits per heavy atom. The Kier molecular flexibility index (Phi) is 5.49. The number of sulfonamides is 1. The molecule has 1 aromatic carbocycles. The molecule has 24 heavy (non-hydrogen) atoms. The van der Waals surface area contributed by atoms with Crippen molar-refractivity contribution in [3.05, 3.63) is 28.3 Å². The molecule has 1 saturated heterocycles. The van der Waals surface area contributed by atoms with Crippen molar-refractivity contribution in [3.8, 4) is 0 Å². The standard InChI is InChI=1S/C16H25N3O4S/c1-4-8-16(2)9-5-10-18(12-16)14-7-6-13(24(22,23)17-3)11-15(14)19(20)21/h6-7,11,17H,4-5,8-10,12H2,1-3H3. The van der Waals surface area contributed by atoms with Gasteiger partial charge in [-0.15, -0.1) is 0 Å². The quantitative estimate of drug-likeness (QED) is 0.625. The Bertz CT molecular complexity index is 716. The van der Waals surface area contributed by atoms with Gasteiger partial charge in [0.15, 0.2) is 0 Å². The summed E-state index contributed by atoms with van der Waals surface area (Å²) in [5.74, 6) is 0. The minimum absolute atomic E-state index is 0.0891. The van der Waals surface area contributed by atoms with Gasteiger partial charge in [0.1, 0.15) is 5.69 Å². The van der Waals surface area contributed by atoms with E-state index >= 15 is 0 Å². The third-order valence-corrected chi connectivity index (χ3v) is 6.11. The molecule has 1 N–H and O–H groups in total. The lowest BCUT2D eigenvalue weighted by molar-refractivity contribution is -0.384. The van der Waals surface area contributed by atoms with Crippen molar-refractivity contribution in [1.82, 2.24) is 4.72 Å². The van der Waals surface area contributed by atoms with Crippen LogP contribution in [-0.2, 0) is 10.0 Å². The SMILES string of the molecule is CCCC1(C)CCCN(c2ccc(S(=O)(=O)NC)cc2[N+](=O)[O-])C1. The van der Waals surface area contributed by atoms with Crippen molar-refractivity contribution in [2.75, 3.05) is 25.0 Å². The number of nitro benzene ring substituents is 1. The summed E-state index contributed by atoms with van der Waals surface area (Å²) in [5.41, 5.74) is 0.473. The van der Waals surface area contributed by atoms with Crippen LogP contribution in [0.15, 0.2) is 23.1 Å². The molecule has 7 nitrogen and oxygen atoms in total. The molecule has 0 aliphatic carbocycles. The van der Waals surface area contributed by atoms with Crippen LogP contribution in [0.1, 0.15) is 39.5 Å². The third-order valence-electron chi connectivity index (χ3n) is 4.70. The van der Waals surface area contributed by atoms with E-state index in [1.165, 1.54) is 13.1 Å². The van der Waals surface area contributed by atoms with E-state index in [1.807, 2.05) is 4.90 Å². The monoisotopic (exact) mass is 355 g/mol. The lowest BCUT2D eigenvalue weighted by Crippen LogP contribution is -2.42. The number of nitrogens with one attached hydrogen (secondary N) is 1. The summed E-state index contributed by atoms with van der Waals surface area (Å²) >= 11 is 0. The first-order chi connectivity index (χ1) is 11.2. The fourth-order valence-corrected chi connectivity index (χ4v) is 4.28. The summed E-state index contributed by atoms with van der Waals surface area (Å²) in [6, 6.07) is 4.13. The molecule has 0 aromatic heterocycles. The highest BCUT2D eigenvalue weighted by molar-refractivity contribution is 7.89. The smallest absolute Gasteiger partial charge is 0.293 e. The normalized spacial score (nSPS) is 21.7. The van der Waals surface area contributed by atoms with Gasteiger partial charge in [-0.3, -0.25) is 10.1 Å². The van der Waals surface area contributed by atoms with Crippen molar-refractivity contribution in [3.63, 3.8) is 0 Å². The van der Waals surface area contributed by atoms with Crippen LogP contribution in [0.5, 0.6) is 0 Å². The van der Waals surface area contributed by atoms with Crippen LogP contribution in [0, 0.1) is 15.5 Å². The van der Waals surface area contributed by atoms with Gasteiger partial charge in [-0.2, -0.15) is 0 Å². The second-order valence-corrected chi connectivity index (χ2v) is 8.59. The summed E-state index contributed by atoms with van der Waals surface area (Å²) in [5, 5.41) is 11.5. The summed E-state index contributed by atoms with van der Waals surface area (Å²) in [7, 11) is -2.42. The zero-order chi connectivity index (χ0) is 18.0. The Balaban J connectivity index is 2.41. The average Bonchev–Trinajstić information content (AvgIpc) is 2.54. The van der Waals surface area contributed by atoms with Gasteiger partial charge in [-0.1, -0.05) is 20.3 Å². The number of piperidine rings is 1. The molecule has 1 fully saturated rings. The van der Waals surface area contributed by atoms with Crippen molar-refractivity contribution < 1.29 is 13.3 Å². The van der Waals surface area contributed by atoms with E-state index in [1.54, 1.807) is 6.07 Å². The number of nitrogens with zero attached hydrogens (tertiary/aromatic N) is 2. The highest BCUT2D eigenvalue weighted by Crippen LogP contribution is 2.39. The van der Waals surface area contributed by atoms with Crippen molar-refractivity contribution in [1.29, 1.82) is 0 Å². The van der Waals surface area contributed by atoms with Gasteiger partial charge in [0.25, 0.3) is 5.69 Å². The number of benzene rings is 1. The summed E-state index contributed by atoms with van der Waals surface area (Å²) < 4.78 is 26.0. The molecule has 0 radical (unpaired) electrons. The van der Waals surface area contributed by atoms with Crippen molar-refractivity contribution >= 4 is 21.4 Å². The van der Waals surface area contributed by atoms with E-state index in [2.05, 4.69) is 18.6 Å². The molecule has 1 unspecified atom stereocenters. The molecule has 1 atom stereocenters. The highest BCUT2D eigenvalue weighted by Gasteiger charge is 2.33. The van der Waals surface area contributed by atoms with Crippen LogP contribution in [0.3, 0.4) is 0 Å². The molecule has 2 rings (SSSR count). The molecule has 0 amide bonds. The van der Waals surface area contributed by atoms with Crippen molar-refractivity contribution in [2.24, 2.45) is 5.41 Å². The average molecular weight is 355 g/mol. The van der Waals surface area contributed by atoms with Gasteiger partial charge in [0.2, 0.25) is 10.0 Å². The topological polar surface area (TPSA) is 92.6 Å². The Morgan fingerprint density at radius 2 is 2.12 bits per heavy atom. The van der Waals surface area contributed by atoms with Crippen molar-refractivity contribution in [2.45, 2.75) is 44.4 Å². The van der Waals surface area contributed by atoms with Gasteiger partial charge in [0.05, 0.1) is 9.82 Å². The minimum atomic E-state index is -3.71. The highest BCUT2D eigenvalue weighted by atomic mass is 32.2. The molecular formula is C16H25N3O4S. The van der Waals surface area contributed by atoms with E-state index in [9.17, 15) is 18.5 Å². The van der Waals surface area contributed by atoms with Crippen LogP contribution in [-0.4, -0.2) is 33.5 Å². The Labute approximate surface area is 143 Å². The van der Waals surface area contributed by atoms with E-state index in [0.717, 1.165) is 44.8 Å². The van der Waals surface area contributed by atoms with Gasteiger partial charge in [0, 0.05) is 19.2 Å². The van der Waals surface area contributed by atoms with Crippen LogP contribution < -0.4 is 9.62 Å². The molecule has 0 bridgehead atoms.